The molecular weight excluding hydrogens is 349 g/mol. The van der Waals surface area contributed by atoms with E-state index in [2.05, 4.69) is 14.9 Å². The molecule has 1 atom stereocenters. The molecule has 2 heterocycles. The predicted molar refractivity (Wildman–Crippen MR) is 99.6 cm³/mol. The lowest BCUT2D eigenvalue weighted by molar-refractivity contribution is 0.232. The van der Waals surface area contributed by atoms with Crippen LogP contribution in [0.4, 0.5) is 10.3 Å². The first-order valence-electron chi connectivity index (χ1n) is 9.80. The number of piperidine rings is 1. The Morgan fingerprint density at radius 1 is 1.33 bits per heavy atom. The molecule has 7 heteroatoms. The van der Waals surface area contributed by atoms with Crippen LogP contribution in [0.2, 0.25) is 0 Å². The molecule has 0 bridgehead atoms. The summed E-state index contributed by atoms with van der Waals surface area (Å²) in [7, 11) is 0. The molecule has 1 saturated heterocycles. The first-order valence-corrected chi connectivity index (χ1v) is 9.80. The number of benzene rings is 1. The summed E-state index contributed by atoms with van der Waals surface area (Å²) in [6, 6.07) is 2.93. The van der Waals surface area contributed by atoms with Crippen LogP contribution in [0.1, 0.15) is 32.1 Å². The van der Waals surface area contributed by atoms with Crippen molar-refractivity contribution in [1.82, 2.24) is 9.97 Å². The van der Waals surface area contributed by atoms with Gasteiger partial charge in [-0.05, 0) is 49.4 Å². The highest BCUT2D eigenvalue weighted by Crippen LogP contribution is 2.59. The van der Waals surface area contributed by atoms with E-state index in [4.69, 9.17) is 4.74 Å². The molecule has 2 aliphatic carbocycles. The molecule has 0 radical (unpaired) electrons. The minimum absolute atomic E-state index is 0.0199. The van der Waals surface area contributed by atoms with Crippen molar-refractivity contribution in [2.24, 2.45) is 17.3 Å². The third-order valence-corrected chi connectivity index (χ3v) is 6.54. The summed E-state index contributed by atoms with van der Waals surface area (Å²) in [5, 5.41) is 9.35. The SMILES string of the molecule is O=c1[nH]c(N2CCC3(CC2)CC3CO)nc2cc(OCC3CC3)cc(F)c12. The molecule has 27 heavy (non-hydrogen) atoms. The molecule has 5 rings (SSSR count). The Labute approximate surface area is 156 Å². The van der Waals surface area contributed by atoms with Gasteiger partial charge in [0.05, 0.1) is 12.1 Å². The molecule has 1 aromatic heterocycles. The number of hydrogen-bond acceptors (Lipinski definition) is 5. The van der Waals surface area contributed by atoms with E-state index in [0.717, 1.165) is 45.2 Å². The van der Waals surface area contributed by atoms with Gasteiger partial charge in [-0.25, -0.2) is 9.37 Å². The number of ether oxygens (including phenoxy) is 1. The zero-order chi connectivity index (χ0) is 18.6. The molecular formula is C20H24FN3O3. The molecule has 3 fully saturated rings. The van der Waals surface area contributed by atoms with Crippen LogP contribution in [0.15, 0.2) is 16.9 Å². The maximum Gasteiger partial charge on any atom is 0.263 e. The molecule has 3 aliphatic rings. The van der Waals surface area contributed by atoms with Gasteiger partial charge in [-0.1, -0.05) is 0 Å². The third-order valence-electron chi connectivity index (χ3n) is 6.54. The second-order valence-electron chi connectivity index (χ2n) is 8.38. The molecule has 144 valence electrons. The van der Waals surface area contributed by atoms with Gasteiger partial charge in [0.15, 0.2) is 0 Å². The van der Waals surface area contributed by atoms with Gasteiger partial charge in [0, 0.05) is 31.8 Å². The third kappa shape index (κ3) is 3.08. The Balaban J connectivity index is 1.40. The van der Waals surface area contributed by atoms with Crippen LogP contribution in [0.3, 0.4) is 0 Å². The Morgan fingerprint density at radius 3 is 2.78 bits per heavy atom. The van der Waals surface area contributed by atoms with Crippen molar-refractivity contribution in [3.63, 3.8) is 0 Å². The normalized spacial score (nSPS) is 23.8. The van der Waals surface area contributed by atoms with Gasteiger partial charge in [0.1, 0.15) is 17.0 Å². The number of fused-ring (bicyclic) bond motifs is 1. The second kappa shape index (κ2) is 6.19. The molecule has 1 spiro atoms. The van der Waals surface area contributed by atoms with Gasteiger partial charge in [-0.15, -0.1) is 0 Å². The van der Waals surface area contributed by atoms with Crippen LogP contribution in [-0.4, -0.2) is 41.4 Å². The van der Waals surface area contributed by atoms with Crippen LogP contribution < -0.4 is 15.2 Å². The number of aliphatic hydroxyl groups excluding tert-OH is 1. The first-order chi connectivity index (χ1) is 13.1. The van der Waals surface area contributed by atoms with Gasteiger partial charge in [-0.3, -0.25) is 9.78 Å². The van der Waals surface area contributed by atoms with Crippen LogP contribution in [0.5, 0.6) is 5.75 Å². The van der Waals surface area contributed by atoms with Crippen molar-refractivity contribution >= 4 is 16.9 Å². The number of H-pyrrole nitrogens is 1. The lowest BCUT2D eigenvalue weighted by atomic mass is 9.91. The zero-order valence-corrected chi connectivity index (χ0v) is 15.2. The summed E-state index contributed by atoms with van der Waals surface area (Å²) >= 11 is 0. The lowest BCUT2D eigenvalue weighted by Gasteiger charge is -2.33. The van der Waals surface area contributed by atoms with Crippen molar-refractivity contribution in [3.8, 4) is 5.75 Å². The largest absolute Gasteiger partial charge is 0.493 e. The number of hydrogen-bond donors (Lipinski definition) is 2. The van der Waals surface area contributed by atoms with Crippen molar-refractivity contribution in [3.05, 3.63) is 28.3 Å². The number of rotatable bonds is 5. The van der Waals surface area contributed by atoms with Crippen LogP contribution in [-0.2, 0) is 0 Å². The number of aromatic amines is 1. The summed E-state index contributed by atoms with van der Waals surface area (Å²) in [5.74, 6) is 1.31. The standard InChI is InChI=1S/C20H24FN3O3/c21-15-7-14(27-11-12-1-2-12)8-16-17(15)18(26)23-19(22-16)24-5-3-20(4-6-24)9-13(20)10-25/h7-8,12-13,25H,1-6,9-11H2,(H,22,23,26). The summed E-state index contributed by atoms with van der Waals surface area (Å²) in [6.45, 7) is 2.41. The molecule has 2 saturated carbocycles. The number of aliphatic hydroxyl groups is 1. The highest BCUT2D eigenvalue weighted by Gasteiger charge is 2.54. The summed E-state index contributed by atoms with van der Waals surface area (Å²) < 4.78 is 20.1. The fourth-order valence-corrected chi connectivity index (χ4v) is 4.38. The smallest absolute Gasteiger partial charge is 0.263 e. The fourth-order valence-electron chi connectivity index (χ4n) is 4.38. The van der Waals surface area contributed by atoms with Crippen molar-refractivity contribution in [2.75, 3.05) is 31.2 Å². The summed E-state index contributed by atoms with van der Waals surface area (Å²) in [6.07, 6.45) is 5.38. The topological polar surface area (TPSA) is 78.5 Å². The van der Waals surface area contributed by atoms with Crippen LogP contribution in [0.25, 0.3) is 10.9 Å². The maximum absolute atomic E-state index is 14.4. The zero-order valence-electron chi connectivity index (χ0n) is 15.2. The van der Waals surface area contributed by atoms with Gasteiger partial charge in [0.2, 0.25) is 5.95 Å². The molecule has 2 N–H and O–H groups in total. The Bertz CT molecular complexity index is 932. The van der Waals surface area contributed by atoms with Gasteiger partial charge in [0.25, 0.3) is 5.56 Å². The van der Waals surface area contributed by atoms with Crippen LogP contribution >= 0.6 is 0 Å². The molecule has 1 aliphatic heterocycles. The Hall–Kier alpha value is -2.15. The molecule has 1 unspecified atom stereocenters. The minimum atomic E-state index is -0.597. The van der Waals surface area contributed by atoms with Gasteiger partial charge in [-0.2, -0.15) is 0 Å². The molecule has 0 amide bonds. The van der Waals surface area contributed by atoms with E-state index in [1.807, 2.05) is 0 Å². The minimum Gasteiger partial charge on any atom is -0.493 e. The van der Waals surface area contributed by atoms with Crippen molar-refractivity contribution in [2.45, 2.75) is 32.1 Å². The van der Waals surface area contributed by atoms with Crippen LogP contribution in [0, 0.1) is 23.1 Å². The maximum atomic E-state index is 14.4. The number of aromatic nitrogens is 2. The highest BCUT2D eigenvalue weighted by atomic mass is 19.1. The lowest BCUT2D eigenvalue weighted by Crippen LogP contribution is -2.37. The van der Waals surface area contributed by atoms with E-state index >= 15 is 0 Å². The Kier molecular flexibility index (Phi) is 3.89. The average Bonchev–Trinajstić information content (AvgIpc) is 3.57. The Morgan fingerprint density at radius 2 is 2.11 bits per heavy atom. The van der Waals surface area contributed by atoms with Gasteiger partial charge >= 0.3 is 0 Å². The molecule has 2 aromatic rings. The van der Waals surface area contributed by atoms with E-state index in [9.17, 15) is 14.3 Å². The monoisotopic (exact) mass is 373 g/mol. The molecule has 6 nitrogen and oxygen atoms in total. The van der Waals surface area contributed by atoms with Crippen molar-refractivity contribution < 1.29 is 14.2 Å². The fraction of sp³-hybridized carbons (Fsp3) is 0.600. The number of anilines is 1. The summed E-state index contributed by atoms with van der Waals surface area (Å²) in [4.78, 5) is 21.8. The number of halogens is 1. The van der Waals surface area contributed by atoms with E-state index in [1.165, 1.54) is 6.07 Å². The quantitative estimate of drug-likeness (QED) is 0.842. The van der Waals surface area contributed by atoms with Crippen molar-refractivity contribution in [1.29, 1.82) is 0 Å². The van der Waals surface area contributed by atoms with E-state index in [1.54, 1.807) is 6.07 Å². The second-order valence-corrected chi connectivity index (χ2v) is 8.38. The molecule has 1 aromatic carbocycles. The van der Waals surface area contributed by atoms with Gasteiger partial charge < -0.3 is 14.7 Å². The highest BCUT2D eigenvalue weighted by molar-refractivity contribution is 5.81. The average molecular weight is 373 g/mol. The number of nitrogens with zero attached hydrogens (tertiary/aromatic N) is 2. The van der Waals surface area contributed by atoms with E-state index in [-0.39, 0.29) is 17.4 Å². The predicted octanol–water partition coefficient (Wildman–Crippen LogP) is 2.45. The summed E-state index contributed by atoms with van der Waals surface area (Å²) in [5.41, 5.74) is 0.152. The van der Waals surface area contributed by atoms with E-state index in [0.29, 0.717) is 35.7 Å². The van der Waals surface area contributed by atoms with E-state index < -0.39 is 11.4 Å². The number of nitrogens with one attached hydrogen (secondary N) is 1. The first kappa shape index (κ1) is 17.0.